The lowest BCUT2D eigenvalue weighted by Crippen LogP contribution is -2.51. The van der Waals surface area contributed by atoms with Crippen LogP contribution in [0.1, 0.15) is 24.0 Å². The maximum absolute atomic E-state index is 13.2. The molecule has 0 radical (unpaired) electrons. The fourth-order valence-corrected chi connectivity index (χ4v) is 4.94. The summed E-state index contributed by atoms with van der Waals surface area (Å²) in [6.07, 6.45) is 2.17. The summed E-state index contributed by atoms with van der Waals surface area (Å²) in [5.74, 6) is 0.457. The van der Waals surface area contributed by atoms with E-state index in [1.807, 2.05) is 19.9 Å². The number of benzene rings is 2. The Labute approximate surface area is 147 Å². The third-order valence-electron chi connectivity index (χ3n) is 4.66. The molecule has 0 atom stereocenters. The number of hydrogen-bond acceptors (Lipinski definition) is 3. The van der Waals surface area contributed by atoms with Crippen LogP contribution in [0.25, 0.3) is 0 Å². The summed E-state index contributed by atoms with van der Waals surface area (Å²) in [6.45, 7) is 4.35. The number of carbonyl (C=O) groups excluding carboxylic acids is 1. The van der Waals surface area contributed by atoms with E-state index in [0.29, 0.717) is 23.8 Å². The molecular weight excluding hydrogens is 336 g/mol. The lowest BCUT2D eigenvalue weighted by molar-refractivity contribution is 0.253. The fourth-order valence-electron chi connectivity index (χ4n) is 3.36. The van der Waals surface area contributed by atoms with Crippen LogP contribution >= 0.6 is 0 Å². The second-order valence-electron chi connectivity index (χ2n) is 6.92. The monoisotopic (exact) mass is 356 g/mol. The topological polar surface area (TPSA) is 57.7 Å². The highest BCUT2D eigenvalue weighted by Crippen LogP contribution is 2.40. The third-order valence-corrected chi connectivity index (χ3v) is 6.41. The summed E-state index contributed by atoms with van der Waals surface area (Å²) in [6, 6.07) is 11.7. The van der Waals surface area contributed by atoms with E-state index in [9.17, 15) is 13.2 Å². The molecule has 1 saturated carbocycles. The van der Waals surface area contributed by atoms with E-state index in [-0.39, 0.29) is 4.90 Å². The van der Waals surface area contributed by atoms with Crippen molar-refractivity contribution in [3.05, 3.63) is 53.6 Å². The zero-order valence-corrected chi connectivity index (χ0v) is 15.1. The van der Waals surface area contributed by atoms with Crippen LogP contribution in [-0.2, 0) is 10.0 Å². The number of urea groups is 1. The van der Waals surface area contributed by atoms with Crippen LogP contribution in [0.3, 0.4) is 0 Å². The maximum atomic E-state index is 13.2. The van der Waals surface area contributed by atoms with Crippen LogP contribution in [0.2, 0.25) is 0 Å². The number of para-hydroxylation sites is 1. The Morgan fingerprint density at radius 1 is 1.04 bits per heavy atom. The van der Waals surface area contributed by atoms with E-state index >= 15 is 0 Å². The number of aryl methyl sites for hydroxylation is 2. The van der Waals surface area contributed by atoms with Gasteiger partial charge < -0.3 is 0 Å². The van der Waals surface area contributed by atoms with Gasteiger partial charge in [0.15, 0.2) is 0 Å². The number of anilines is 2. The van der Waals surface area contributed by atoms with Crippen LogP contribution in [-0.4, -0.2) is 21.0 Å². The molecule has 1 aliphatic carbocycles. The van der Waals surface area contributed by atoms with Gasteiger partial charge in [-0.25, -0.2) is 13.2 Å². The minimum atomic E-state index is -3.92. The molecule has 2 aromatic rings. The number of carbonyl (C=O) groups is 1. The number of fused-ring (bicyclic) bond motifs is 1. The zero-order chi connectivity index (χ0) is 17.8. The molecule has 0 bridgehead atoms. The fraction of sp³-hybridized carbons (Fsp3) is 0.316. The smallest absolute Gasteiger partial charge is 0.292 e. The summed E-state index contributed by atoms with van der Waals surface area (Å²) in [7, 11) is -3.92. The van der Waals surface area contributed by atoms with Gasteiger partial charge in [0.25, 0.3) is 10.0 Å². The van der Waals surface area contributed by atoms with E-state index in [2.05, 4.69) is 0 Å². The molecular formula is C19H20N2O3S. The molecule has 4 rings (SSSR count). The molecule has 0 N–H and O–H groups in total. The number of amides is 2. The van der Waals surface area contributed by atoms with Crippen molar-refractivity contribution < 1.29 is 13.2 Å². The Balaban J connectivity index is 1.90. The maximum Gasteiger partial charge on any atom is 0.343 e. The minimum Gasteiger partial charge on any atom is -0.292 e. The van der Waals surface area contributed by atoms with Gasteiger partial charge in [-0.2, -0.15) is 4.31 Å². The number of rotatable bonds is 3. The van der Waals surface area contributed by atoms with Gasteiger partial charge in [-0.3, -0.25) is 4.90 Å². The molecule has 2 aromatic carbocycles. The first-order chi connectivity index (χ1) is 11.9. The van der Waals surface area contributed by atoms with Crippen molar-refractivity contribution in [2.45, 2.75) is 31.6 Å². The van der Waals surface area contributed by atoms with Crippen LogP contribution in [0.4, 0.5) is 16.2 Å². The first-order valence-electron chi connectivity index (χ1n) is 8.42. The van der Waals surface area contributed by atoms with Crippen LogP contribution in [0.5, 0.6) is 0 Å². The first-order valence-corrected chi connectivity index (χ1v) is 9.86. The summed E-state index contributed by atoms with van der Waals surface area (Å²) in [4.78, 5) is 15.0. The number of sulfonamides is 1. The predicted octanol–water partition coefficient (Wildman–Crippen LogP) is 3.85. The Morgan fingerprint density at radius 2 is 1.68 bits per heavy atom. The quantitative estimate of drug-likeness (QED) is 0.839. The van der Waals surface area contributed by atoms with Gasteiger partial charge in [-0.15, -0.1) is 0 Å². The third kappa shape index (κ3) is 2.70. The largest absolute Gasteiger partial charge is 0.343 e. The lowest BCUT2D eigenvalue weighted by Gasteiger charge is -2.36. The van der Waals surface area contributed by atoms with E-state index in [0.717, 1.165) is 28.3 Å². The average Bonchev–Trinajstić information content (AvgIpc) is 3.34. The highest BCUT2D eigenvalue weighted by molar-refractivity contribution is 7.94. The van der Waals surface area contributed by atoms with Gasteiger partial charge in [-0.1, -0.05) is 18.2 Å². The summed E-state index contributed by atoms with van der Waals surface area (Å²) in [5, 5.41) is 0. The molecule has 5 nitrogen and oxygen atoms in total. The highest BCUT2D eigenvalue weighted by Gasteiger charge is 2.43. The van der Waals surface area contributed by atoms with E-state index < -0.39 is 16.1 Å². The van der Waals surface area contributed by atoms with Crippen molar-refractivity contribution in [2.24, 2.45) is 5.92 Å². The van der Waals surface area contributed by atoms with Gasteiger partial charge in [-0.05, 0) is 68.0 Å². The van der Waals surface area contributed by atoms with Crippen molar-refractivity contribution in [2.75, 3.05) is 15.7 Å². The molecule has 6 heteroatoms. The van der Waals surface area contributed by atoms with Crippen molar-refractivity contribution in [3.63, 3.8) is 0 Å². The van der Waals surface area contributed by atoms with Crippen molar-refractivity contribution >= 4 is 27.4 Å². The minimum absolute atomic E-state index is 0.189. The molecule has 25 heavy (non-hydrogen) atoms. The molecule has 2 amide bonds. The molecule has 0 unspecified atom stereocenters. The normalized spacial score (nSPS) is 19.0. The molecule has 130 valence electrons. The van der Waals surface area contributed by atoms with Crippen molar-refractivity contribution in [1.82, 2.24) is 0 Å². The summed E-state index contributed by atoms with van der Waals surface area (Å²) >= 11 is 0. The summed E-state index contributed by atoms with van der Waals surface area (Å²) in [5.41, 5.74) is 2.73. The standard InChI is InChI=1S/C19H20N2O3S/c1-13-9-14(2)11-16(10-13)21-19(22)20(12-15-7-8-15)17-5-3-4-6-18(17)25(21,23)24/h3-6,9-11,15H,7-8,12H2,1-2H3. The lowest BCUT2D eigenvalue weighted by atomic mass is 10.1. The van der Waals surface area contributed by atoms with Crippen LogP contribution < -0.4 is 9.21 Å². The Morgan fingerprint density at radius 3 is 2.32 bits per heavy atom. The van der Waals surface area contributed by atoms with Gasteiger partial charge in [0.05, 0.1) is 11.4 Å². The second-order valence-corrected chi connectivity index (χ2v) is 8.67. The van der Waals surface area contributed by atoms with Gasteiger partial charge in [0.2, 0.25) is 0 Å². The Hall–Kier alpha value is -2.34. The molecule has 1 aliphatic heterocycles. The van der Waals surface area contributed by atoms with Gasteiger partial charge in [0, 0.05) is 6.54 Å². The van der Waals surface area contributed by atoms with Crippen molar-refractivity contribution in [1.29, 1.82) is 0 Å². The average molecular weight is 356 g/mol. The summed E-state index contributed by atoms with van der Waals surface area (Å²) < 4.78 is 27.3. The SMILES string of the molecule is Cc1cc(C)cc(N2C(=O)N(CC3CC3)c3ccccc3S2(=O)=O)c1. The van der Waals surface area contributed by atoms with E-state index in [1.165, 1.54) is 0 Å². The molecule has 0 saturated heterocycles. The van der Waals surface area contributed by atoms with Crippen LogP contribution in [0.15, 0.2) is 47.4 Å². The van der Waals surface area contributed by atoms with E-state index in [4.69, 9.17) is 0 Å². The molecule has 0 spiro atoms. The highest BCUT2D eigenvalue weighted by atomic mass is 32.2. The van der Waals surface area contributed by atoms with Gasteiger partial charge in [0.1, 0.15) is 4.90 Å². The zero-order valence-electron chi connectivity index (χ0n) is 14.3. The predicted molar refractivity (Wildman–Crippen MR) is 97.5 cm³/mol. The second kappa shape index (κ2) is 5.59. The van der Waals surface area contributed by atoms with Gasteiger partial charge >= 0.3 is 6.03 Å². The first kappa shape index (κ1) is 16.1. The van der Waals surface area contributed by atoms with E-state index in [1.54, 1.807) is 41.3 Å². The van der Waals surface area contributed by atoms with Crippen LogP contribution in [0, 0.1) is 19.8 Å². The Kier molecular flexibility index (Phi) is 3.61. The molecule has 1 fully saturated rings. The van der Waals surface area contributed by atoms with Crippen molar-refractivity contribution in [3.8, 4) is 0 Å². The number of hydrogen-bond donors (Lipinski definition) is 0. The molecule has 0 aromatic heterocycles. The Bertz CT molecular complexity index is 944. The molecule has 1 heterocycles. The number of nitrogens with zero attached hydrogens (tertiary/aromatic N) is 2. The molecule has 2 aliphatic rings.